The van der Waals surface area contributed by atoms with Crippen molar-refractivity contribution in [3.63, 3.8) is 0 Å². The highest BCUT2D eigenvalue weighted by Crippen LogP contribution is 2.38. The van der Waals surface area contributed by atoms with Gasteiger partial charge in [-0.05, 0) is 52.7 Å². The summed E-state index contributed by atoms with van der Waals surface area (Å²) in [5.41, 5.74) is 0.564. The molecular weight excluding hydrogens is 508 g/mol. The molecule has 0 saturated carbocycles. The van der Waals surface area contributed by atoms with Crippen LogP contribution < -0.4 is 9.47 Å². The van der Waals surface area contributed by atoms with Crippen molar-refractivity contribution < 1.29 is 28.7 Å². The van der Waals surface area contributed by atoms with Gasteiger partial charge < -0.3 is 14.2 Å². The fourth-order valence-electron chi connectivity index (χ4n) is 2.69. The Balaban J connectivity index is 1.97. The highest BCUT2D eigenvalue weighted by Gasteiger charge is 2.27. The molecule has 1 aliphatic heterocycles. The number of nitro groups is 1. The fourth-order valence-corrected chi connectivity index (χ4v) is 3.49. The van der Waals surface area contributed by atoms with E-state index in [4.69, 9.17) is 25.8 Å². The number of non-ortho nitro benzene ring substituents is 1. The van der Waals surface area contributed by atoms with E-state index in [0.29, 0.717) is 22.4 Å². The number of benzene rings is 2. The first-order valence-corrected chi connectivity index (χ1v) is 10.5. The van der Waals surface area contributed by atoms with Crippen LogP contribution in [-0.2, 0) is 14.3 Å². The lowest BCUT2D eigenvalue weighted by Gasteiger charge is -2.13. The van der Waals surface area contributed by atoms with Gasteiger partial charge in [0.1, 0.15) is 0 Å². The number of esters is 2. The van der Waals surface area contributed by atoms with Gasteiger partial charge in [0.05, 0.1) is 26.6 Å². The van der Waals surface area contributed by atoms with Crippen molar-refractivity contribution >= 4 is 57.1 Å². The average molecular weight is 524 g/mol. The van der Waals surface area contributed by atoms with Crippen LogP contribution in [0.15, 0.2) is 45.5 Å². The third-order valence-electron chi connectivity index (χ3n) is 4.15. The second kappa shape index (κ2) is 9.92. The number of hydrogen-bond donors (Lipinski definition) is 0. The zero-order chi connectivity index (χ0) is 23.4. The Morgan fingerprint density at radius 2 is 2.06 bits per heavy atom. The lowest BCUT2D eigenvalue weighted by atomic mass is 10.1. The molecule has 11 heteroatoms. The largest absolute Gasteiger partial charge is 0.490 e. The van der Waals surface area contributed by atoms with Gasteiger partial charge in [0.2, 0.25) is 5.90 Å². The lowest BCUT2D eigenvalue weighted by molar-refractivity contribution is -0.384. The quantitative estimate of drug-likeness (QED) is 0.163. The van der Waals surface area contributed by atoms with Crippen molar-refractivity contribution in [2.24, 2.45) is 4.99 Å². The maximum absolute atomic E-state index is 12.3. The van der Waals surface area contributed by atoms with Crippen molar-refractivity contribution in [2.45, 2.75) is 20.3 Å². The summed E-state index contributed by atoms with van der Waals surface area (Å²) in [4.78, 5) is 38.5. The molecule has 1 heterocycles. The maximum atomic E-state index is 12.3. The number of nitro benzene ring substituents is 1. The lowest BCUT2D eigenvalue weighted by Crippen LogP contribution is -2.08. The molecule has 2 aromatic rings. The molecule has 32 heavy (non-hydrogen) atoms. The van der Waals surface area contributed by atoms with Crippen LogP contribution >= 0.6 is 27.5 Å². The predicted molar refractivity (Wildman–Crippen MR) is 120 cm³/mol. The van der Waals surface area contributed by atoms with Gasteiger partial charge in [-0.1, -0.05) is 18.5 Å². The molecule has 2 aromatic carbocycles. The summed E-state index contributed by atoms with van der Waals surface area (Å²) >= 11 is 9.45. The Hall–Kier alpha value is -3.24. The zero-order valence-electron chi connectivity index (χ0n) is 16.9. The molecule has 0 aliphatic carbocycles. The van der Waals surface area contributed by atoms with Crippen molar-refractivity contribution in [1.29, 1.82) is 0 Å². The van der Waals surface area contributed by atoms with Crippen molar-refractivity contribution in [1.82, 2.24) is 0 Å². The summed E-state index contributed by atoms with van der Waals surface area (Å²) in [6.07, 6.45) is 1.66. The van der Waals surface area contributed by atoms with Crippen LogP contribution in [0.2, 0.25) is 5.02 Å². The third kappa shape index (κ3) is 5.14. The minimum Gasteiger partial charge on any atom is -0.490 e. The molecule has 0 atom stereocenters. The van der Waals surface area contributed by atoms with E-state index < -0.39 is 16.9 Å². The second-order valence-electron chi connectivity index (χ2n) is 6.35. The Morgan fingerprint density at radius 1 is 1.31 bits per heavy atom. The van der Waals surface area contributed by atoms with Crippen LogP contribution in [0.25, 0.3) is 6.08 Å². The first-order chi connectivity index (χ1) is 15.2. The highest BCUT2D eigenvalue weighted by atomic mass is 79.9. The number of hydrogen-bond acceptors (Lipinski definition) is 8. The molecule has 0 aromatic heterocycles. The summed E-state index contributed by atoms with van der Waals surface area (Å²) in [6, 6.07) is 6.97. The van der Waals surface area contributed by atoms with Gasteiger partial charge in [-0.15, -0.1) is 0 Å². The van der Waals surface area contributed by atoms with E-state index in [1.165, 1.54) is 18.2 Å². The van der Waals surface area contributed by atoms with Crippen LogP contribution in [-0.4, -0.2) is 29.4 Å². The van der Waals surface area contributed by atoms with Crippen LogP contribution in [0.3, 0.4) is 0 Å². The van der Waals surface area contributed by atoms with E-state index in [0.717, 1.165) is 6.07 Å². The van der Waals surface area contributed by atoms with Gasteiger partial charge in [-0.25, -0.2) is 9.79 Å². The van der Waals surface area contributed by atoms with Gasteiger partial charge in [0.25, 0.3) is 5.69 Å². The Morgan fingerprint density at radius 3 is 2.69 bits per heavy atom. The van der Waals surface area contributed by atoms with E-state index in [2.05, 4.69) is 20.9 Å². The molecule has 166 valence electrons. The number of cyclic esters (lactones) is 1. The molecule has 0 saturated heterocycles. The van der Waals surface area contributed by atoms with E-state index >= 15 is 0 Å². The van der Waals surface area contributed by atoms with Gasteiger partial charge in [0.15, 0.2) is 17.2 Å². The summed E-state index contributed by atoms with van der Waals surface area (Å²) in [5.74, 6) is -0.670. The smallest absolute Gasteiger partial charge is 0.363 e. The molecular formula is C21H16BrClN2O7. The number of carbonyl (C=O) groups is 2. The van der Waals surface area contributed by atoms with E-state index in [1.807, 2.05) is 0 Å². The Labute approximate surface area is 195 Å². The predicted octanol–water partition coefficient (Wildman–Crippen LogP) is 5.07. The maximum Gasteiger partial charge on any atom is 0.363 e. The second-order valence-corrected chi connectivity index (χ2v) is 7.61. The minimum atomic E-state index is -0.718. The SMILES string of the molecule is CCOc1cc(/C=C2\N=C(c3ccc([N+](=O)[O-])cc3Cl)OC2=O)cc(Br)c1OC(=O)CC. The average Bonchev–Trinajstić information content (AvgIpc) is 3.10. The van der Waals surface area contributed by atoms with Crippen LogP contribution in [0, 0.1) is 10.1 Å². The normalized spacial score (nSPS) is 14.2. The Kier molecular flexibility index (Phi) is 7.26. The highest BCUT2D eigenvalue weighted by molar-refractivity contribution is 9.10. The summed E-state index contributed by atoms with van der Waals surface area (Å²) < 4.78 is 16.5. The van der Waals surface area contributed by atoms with Gasteiger partial charge in [0, 0.05) is 18.6 Å². The molecule has 0 radical (unpaired) electrons. The van der Waals surface area contributed by atoms with Crippen LogP contribution in [0.5, 0.6) is 11.5 Å². The third-order valence-corrected chi connectivity index (χ3v) is 5.06. The standard InChI is InChI=1S/C21H16BrClN2O7/c1-3-18(26)31-19-14(22)7-11(9-17(19)30-4-2)8-16-21(27)32-20(24-16)13-6-5-12(25(28)29)10-15(13)23/h5-10H,3-4H2,1-2H3/b16-8-. The van der Waals surface area contributed by atoms with E-state index in [1.54, 1.807) is 26.0 Å². The number of rotatable bonds is 7. The number of aliphatic imine (C=N–C) groups is 1. The minimum absolute atomic E-state index is 0.0120. The zero-order valence-corrected chi connectivity index (χ0v) is 19.2. The van der Waals surface area contributed by atoms with Crippen molar-refractivity contribution in [3.05, 3.63) is 66.8 Å². The Bertz CT molecular complexity index is 1180. The number of halogens is 2. The van der Waals surface area contributed by atoms with Gasteiger partial charge >= 0.3 is 11.9 Å². The molecule has 1 aliphatic rings. The molecule has 9 nitrogen and oxygen atoms in total. The number of nitrogens with zero attached hydrogens (tertiary/aromatic N) is 2. The summed E-state index contributed by atoms with van der Waals surface area (Å²) in [5, 5.41) is 10.9. The molecule has 0 bridgehead atoms. The molecule has 0 N–H and O–H groups in total. The number of ether oxygens (including phenoxy) is 3. The van der Waals surface area contributed by atoms with Crippen LogP contribution in [0.4, 0.5) is 5.69 Å². The first-order valence-electron chi connectivity index (χ1n) is 9.37. The van der Waals surface area contributed by atoms with E-state index in [-0.39, 0.29) is 40.0 Å². The topological polar surface area (TPSA) is 117 Å². The van der Waals surface area contributed by atoms with Crippen molar-refractivity contribution in [3.8, 4) is 11.5 Å². The summed E-state index contributed by atoms with van der Waals surface area (Å²) in [6.45, 7) is 3.78. The van der Waals surface area contributed by atoms with Crippen LogP contribution in [0.1, 0.15) is 31.4 Å². The molecule has 3 rings (SSSR count). The number of carbonyl (C=O) groups excluding carboxylic acids is 2. The molecule has 0 unspecified atom stereocenters. The van der Waals surface area contributed by atoms with Gasteiger partial charge in [-0.2, -0.15) is 0 Å². The fraction of sp³-hybridized carbons (Fsp3) is 0.190. The molecule has 0 fully saturated rings. The van der Waals surface area contributed by atoms with Gasteiger partial charge in [-0.3, -0.25) is 14.9 Å². The molecule has 0 amide bonds. The monoisotopic (exact) mass is 522 g/mol. The summed E-state index contributed by atoms with van der Waals surface area (Å²) in [7, 11) is 0. The molecule has 0 spiro atoms. The first kappa shape index (κ1) is 23.4. The van der Waals surface area contributed by atoms with Crippen molar-refractivity contribution in [2.75, 3.05) is 6.61 Å². The van der Waals surface area contributed by atoms with E-state index in [9.17, 15) is 19.7 Å².